The van der Waals surface area contributed by atoms with Gasteiger partial charge in [-0.3, -0.25) is 9.59 Å². The van der Waals surface area contributed by atoms with Gasteiger partial charge >= 0.3 is 6.18 Å². The van der Waals surface area contributed by atoms with Crippen LogP contribution in [0.25, 0.3) is 5.82 Å². The summed E-state index contributed by atoms with van der Waals surface area (Å²) >= 11 is 0. The number of ketones is 1. The van der Waals surface area contributed by atoms with Gasteiger partial charge in [-0.15, -0.1) is 4.80 Å². The van der Waals surface area contributed by atoms with Crippen LogP contribution < -0.4 is 11.1 Å². The molecule has 1 atom stereocenters. The number of nitriles is 1. The van der Waals surface area contributed by atoms with Gasteiger partial charge in [-0.1, -0.05) is 0 Å². The molecule has 12 nitrogen and oxygen atoms in total. The number of halogens is 3. The minimum Gasteiger partial charge on any atom is -0.384 e. The number of aryl methyl sites for hydroxylation is 1. The fourth-order valence-electron chi connectivity index (χ4n) is 3.16. The number of hydrogen-bond acceptors (Lipinski definition) is 9. The summed E-state index contributed by atoms with van der Waals surface area (Å²) in [6.07, 6.45) is -2.47. The van der Waals surface area contributed by atoms with E-state index in [2.05, 4.69) is 30.6 Å². The first kappa shape index (κ1) is 22.3. The molecule has 1 amide bonds. The van der Waals surface area contributed by atoms with Gasteiger partial charge in [0.1, 0.15) is 17.5 Å². The Hall–Kier alpha value is -4.87. The van der Waals surface area contributed by atoms with Crippen molar-refractivity contribution in [2.75, 3.05) is 5.73 Å². The lowest BCUT2D eigenvalue weighted by atomic mass is 10.1. The molecule has 4 rings (SSSR count). The second kappa shape index (κ2) is 8.24. The van der Waals surface area contributed by atoms with E-state index in [1.165, 1.54) is 24.5 Å². The number of alkyl halides is 3. The van der Waals surface area contributed by atoms with Gasteiger partial charge < -0.3 is 11.1 Å². The van der Waals surface area contributed by atoms with E-state index < -0.39 is 35.3 Å². The van der Waals surface area contributed by atoms with E-state index >= 15 is 0 Å². The van der Waals surface area contributed by atoms with E-state index in [1.54, 1.807) is 13.0 Å². The monoisotopic (exact) mass is 470 g/mol. The molecule has 0 aromatic carbocycles. The molecule has 3 aromatic rings. The number of dihydropyridines is 1. The fraction of sp³-hybridized carbons (Fsp3) is 0.158. The Morgan fingerprint density at radius 2 is 1.94 bits per heavy atom. The molecule has 0 aliphatic carbocycles. The average molecular weight is 470 g/mol. The minimum absolute atomic E-state index is 0.0355. The number of carbonyl (C=O) groups is 2. The number of aliphatic imine (C=N–C) groups is 1. The molecule has 3 aromatic heterocycles. The number of allylic oxidation sites excluding steroid dienone is 1. The van der Waals surface area contributed by atoms with Gasteiger partial charge in [-0.2, -0.15) is 33.7 Å². The van der Waals surface area contributed by atoms with Crippen LogP contribution in [0.1, 0.15) is 21.6 Å². The van der Waals surface area contributed by atoms with Gasteiger partial charge in [0.15, 0.2) is 23.5 Å². The number of nitrogens with two attached hydrogens (primary N) is 1. The van der Waals surface area contributed by atoms with E-state index in [0.717, 1.165) is 10.9 Å². The van der Waals surface area contributed by atoms with Gasteiger partial charge in [-0.25, -0.2) is 14.7 Å². The van der Waals surface area contributed by atoms with Crippen molar-refractivity contribution >= 4 is 23.3 Å². The number of nitrogens with one attached hydrogen (secondary N) is 1. The molecule has 172 valence electrons. The molecule has 1 aliphatic heterocycles. The predicted molar refractivity (Wildman–Crippen MR) is 108 cm³/mol. The molecule has 0 saturated heterocycles. The van der Waals surface area contributed by atoms with Crippen LogP contribution in [0.15, 0.2) is 47.4 Å². The lowest BCUT2D eigenvalue weighted by Gasteiger charge is -2.18. The lowest BCUT2D eigenvalue weighted by molar-refractivity contribution is -0.143. The molecular formula is C19H13F3N10O2. The highest BCUT2D eigenvalue weighted by Gasteiger charge is 2.41. The Bertz CT molecular complexity index is 1380. The van der Waals surface area contributed by atoms with E-state index in [4.69, 9.17) is 5.73 Å². The van der Waals surface area contributed by atoms with Gasteiger partial charge in [0, 0.05) is 6.08 Å². The first-order valence-corrected chi connectivity index (χ1v) is 9.39. The molecule has 1 aliphatic rings. The highest BCUT2D eigenvalue weighted by atomic mass is 19.4. The number of amides is 1. The minimum atomic E-state index is -5.01. The van der Waals surface area contributed by atoms with Crippen molar-refractivity contribution in [1.29, 1.82) is 5.26 Å². The van der Waals surface area contributed by atoms with Gasteiger partial charge in [0.2, 0.25) is 5.78 Å². The predicted octanol–water partition coefficient (Wildman–Crippen LogP) is 0.804. The van der Waals surface area contributed by atoms with E-state index in [9.17, 15) is 28.0 Å². The molecule has 34 heavy (non-hydrogen) atoms. The quantitative estimate of drug-likeness (QED) is 0.566. The molecule has 0 radical (unpaired) electrons. The normalized spacial score (nSPS) is 16.0. The van der Waals surface area contributed by atoms with Gasteiger partial charge in [-0.05, 0) is 24.6 Å². The van der Waals surface area contributed by atoms with Crippen molar-refractivity contribution < 1.29 is 22.8 Å². The summed E-state index contributed by atoms with van der Waals surface area (Å²) < 4.78 is 42.2. The number of nitrogen functional groups attached to an aromatic ring is 1. The van der Waals surface area contributed by atoms with Crippen LogP contribution in [0.3, 0.4) is 0 Å². The number of pyridine rings is 1. The van der Waals surface area contributed by atoms with E-state index in [0.29, 0.717) is 16.4 Å². The first-order valence-electron chi connectivity index (χ1n) is 9.39. The molecule has 0 saturated carbocycles. The second-order valence-electron chi connectivity index (χ2n) is 6.96. The molecule has 0 bridgehead atoms. The van der Waals surface area contributed by atoms with Crippen LogP contribution in [-0.2, 0) is 11.0 Å². The summed E-state index contributed by atoms with van der Waals surface area (Å²) in [5.41, 5.74) is 3.69. The number of rotatable bonds is 3. The summed E-state index contributed by atoms with van der Waals surface area (Å²) in [6, 6.07) is 4.52. The number of anilines is 1. The fourth-order valence-corrected chi connectivity index (χ4v) is 3.16. The second-order valence-corrected chi connectivity index (χ2v) is 6.96. The number of carbonyl (C=O) groups excluding carboxylic acids is 2. The smallest absolute Gasteiger partial charge is 0.384 e. The molecular weight excluding hydrogens is 457 g/mol. The van der Waals surface area contributed by atoms with Crippen molar-refractivity contribution in [3.05, 3.63) is 59.2 Å². The molecule has 1 unspecified atom stereocenters. The Labute approximate surface area is 188 Å². The number of nitrogens with zero attached hydrogens (tertiary/aromatic N) is 8. The van der Waals surface area contributed by atoms with Crippen LogP contribution in [-0.4, -0.2) is 53.5 Å². The maximum Gasteiger partial charge on any atom is 0.434 e. The lowest BCUT2D eigenvalue weighted by Crippen LogP contribution is -2.43. The maximum atomic E-state index is 13.9. The Kier molecular flexibility index (Phi) is 5.41. The molecule has 0 spiro atoms. The average Bonchev–Trinajstić information content (AvgIpc) is 3.44. The summed E-state index contributed by atoms with van der Waals surface area (Å²) in [4.78, 5) is 33.9. The SMILES string of the molecule is Cc1cc(N)nc(-n2ncc(C(=O)NC3N=C(n4nccn4)C(C#N)=CC3=O)c2C(F)(F)F)c1. The third kappa shape index (κ3) is 4.11. The van der Waals surface area contributed by atoms with Crippen LogP contribution in [0.2, 0.25) is 0 Å². The standard InChI is InChI=1S/C19H13F3N10O2/c1-9-4-13(24)28-14(5-9)31-15(19(20,21)22)11(8-27-31)18(34)30-16-12(33)6-10(7-23)17(29-16)32-25-2-3-26-32/h2-6,8,16H,1H3,(H2,24,28)(H,30,34). The molecule has 0 fully saturated rings. The maximum absolute atomic E-state index is 13.9. The molecule has 15 heteroatoms. The van der Waals surface area contributed by atoms with Crippen molar-refractivity contribution in [1.82, 2.24) is 35.1 Å². The van der Waals surface area contributed by atoms with Crippen molar-refractivity contribution in [2.45, 2.75) is 19.3 Å². The summed E-state index contributed by atoms with van der Waals surface area (Å²) in [5.74, 6) is -2.54. The van der Waals surface area contributed by atoms with Crippen molar-refractivity contribution in [3.8, 4) is 11.9 Å². The number of aromatic nitrogens is 6. The van der Waals surface area contributed by atoms with Crippen molar-refractivity contribution in [2.24, 2.45) is 4.99 Å². The van der Waals surface area contributed by atoms with E-state index in [-0.39, 0.29) is 23.0 Å². The first-order chi connectivity index (χ1) is 16.1. The highest BCUT2D eigenvalue weighted by molar-refractivity contribution is 6.14. The summed E-state index contributed by atoms with van der Waals surface area (Å²) in [6.45, 7) is 1.60. The van der Waals surface area contributed by atoms with Gasteiger partial charge in [0.25, 0.3) is 5.91 Å². The van der Waals surface area contributed by atoms with Gasteiger partial charge in [0.05, 0.1) is 24.2 Å². The van der Waals surface area contributed by atoms with E-state index in [1.807, 2.05) is 0 Å². The Balaban J connectivity index is 1.71. The zero-order valence-corrected chi connectivity index (χ0v) is 17.1. The van der Waals surface area contributed by atoms with Crippen LogP contribution >= 0.6 is 0 Å². The highest BCUT2D eigenvalue weighted by Crippen LogP contribution is 2.33. The largest absolute Gasteiger partial charge is 0.434 e. The summed E-state index contributed by atoms with van der Waals surface area (Å²) in [5, 5.41) is 22.7. The third-order valence-corrected chi connectivity index (χ3v) is 4.52. The van der Waals surface area contributed by atoms with Crippen molar-refractivity contribution in [3.63, 3.8) is 0 Å². The topological polar surface area (TPSA) is 170 Å². The molecule has 4 heterocycles. The summed E-state index contributed by atoms with van der Waals surface area (Å²) in [7, 11) is 0. The zero-order chi connectivity index (χ0) is 24.6. The Morgan fingerprint density at radius 1 is 1.24 bits per heavy atom. The zero-order valence-electron chi connectivity index (χ0n) is 17.1. The number of hydrogen-bond donors (Lipinski definition) is 2. The van der Waals surface area contributed by atoms with Crippen LogP contribution in [0, 0.1) is 18.3 Å². The van der Waals surface area contributed by atoms with Crippen LogP contribution in [0.5, 0.6) is 0 Å². The molecule has 3 N–H and O–H groups in total. The Morgan fingerprint density at radius 3 is 2.56 bits per heavy atom. The van der Waals surface area contributed by atoms with Crippen LogP contribution in [0.4, 0.5) is 19.0 Å². The third-order valence-electron chi connectivity index (χ3n) is 4.52.